The van der Waals surface area contributed by atoms with Gasteiger partial charge in [0.2, 0.25) is 0 Å². The van der Waals surface area contributed by atoms with Gasteiger partial charge in [0, 0.05) is 19.8 Å². The van der Waals surface area contributed by atoms with Crippen LogP contribution in [0.1, 0.15) is 47.5 Å². The van der Waals surface area contributed by atoms with E-state index < -0.39 is 17.2 Å². The van der Waals surface area contributed by atoms with E-state index in [0.717, 1.165) is 18.6 Å². The minimum absolute atomic E-state index is 0. The summed E-state index contributed by atoms with van der Waals surface area (Å²) >= 11 is 0. The van der Waals surface area contributed by atoms with Crippen LogP contribution >= 0.6 is 24.0 Å². The molecule has 0 unspecified atom stereocenters. The second kappa shape index (κ2) is 13.4. The van der Waals surface area contributed by atoms with Crippen LogP contribution in [0.2, 0.25) is 0 Å². The molecule has 1 aromatic heterocycles. The minimum Gasteiger partial charge on any atom is -0.490 e. The van der Waals surface area contributed by atoms with E-state index in [1.54, 1.807) is 19.4 Å². The molecule has 0 aliphatic heterocycles. The Morgan fingerprint density at radius 2 is 1.90 bits per heavy atom. The van der Waals surface area contributed by atoms with Crippen molar-refractivity contribution in [2.75, 3.05) is 26.7 Å². The molecular formula is C20H36IN5O3. The number of hydrogen-bond acceptors (Lipinski definition) is 5. The van der Waals surface area contributed by atoms with Crippen molar-refractivity contribution < 1.29 is 14.3 Å². The zero-order valence-corrected chi connectivity index (χ0v) is 20.7. The maximum absolute atomic E-state index is 12.2. The molecule has 0 aliphatic rings. The van der Waals surface area contributed by atoms with Gasteiger partial charge in [-0.15, -0.1) is 24.0 Å². The highest BCUT2D eigenvalue weighted by Gasteiger charge is 2.30. The average molecular weight is 521 g/mol. The lowest BCUT2D eigenvalue weighted by Crippen LogP contribution is -2.57. The third kappa shape index (κ3) is 11.1. The number of nitrogens with zero attached hydrogens (tertiary/aromatic N) is 2. The Hall–Kier alpha value is -1.78. The van der Waals surface area contributed by atoms with Gasteiger partial charge in [0.1, 0.15) is 18.0 Å². The first-order chi connectivity index (χ1) is 13.2. The van der Waals surface area contributed by atoms with Gasteiger partial charge in [-0.2, -0.15) is 0 Å². The van der Waals surface area contributed by atoms with Crippen LogP contribution in [-0.2, 0) is 4.74 Å². The number of hydrogen-bond donors (Lipinski definition) is 3. The van der Waals surface area contributed by atoms with Crippen molar-refractivity contribution in [2.24, 2.45) is 4.99 Å². The van der Waals surface area contributed by atoms with Gasteiger partial charge in [0.05, 0.1) is 18.3 Å². The van der Waals surface area contributed by atoms with Crippen LogP contribution in [0.25, 0.3) is 0 Å². The highest BCUT2D eigenvalue weighted by Crippen LogP contribution is 2.16. The van der Waals surface area contributed by atoms with E-state index in [4.69, 9.17) is 9.47 Å². The topological polar surface area (TPSA) is 96.9 Å². The number of rotatable bonds is 9. The molecule has 0 bridgehead atoms. The number of ether oxygens (including phenoxy) is 2. The molecule has 1 heterocycles. The molecule has 0 saturated carbocycles. The Morgan fingerprint density at radius 1 is 1.21 bits per heavy atom. The van der Waals surface area contributed by atoms with E-state index in [-0.39, 0.29) is 24.0 Å². The molecule has 0 aromatic carbocycles. The molecule has 0 atom stereocenters. The van der Waals surface area contributed by atoms with Crippen LogP contribution in [0, 0.1) is 0 Å². The molecule has 0 saturated heterocycles. The van der Waals surface area contributed by atoms with Gasteiger partial charge in [0.15, 0.2) is 5.96 Å². The smallest absolute Gasteiger partial charge is 0.408 e. The predicted molar refractivity (Wildman–Crippen MR) is 127 cm³/mol. The summed E-state index contributed by atoms with van der Waals surface area (Å²) < 4.78 is 11.0. The summed E-state index contributed by atoms with van der Waals surface area (Å²) in [6.45, 7) is 11.2. The zero-order valence-electron chi connectivity index (χ0n) is 18.4. The quantitative estimate of drug-likeness (QED) is 0.200. The van der Waals surface area contributed by atoms with Crippen molar-refractivity contribution in [2.45, 2.75) is 58.6 Å². The summed E-state index contributed by atoms with van der Waals surface area (Å²) in [5.41, 5.74) is -0.956. The fourth-order valence-corrected chi connectivity index (χ4v) is 2.49. The van der Waals surface area contributed by atoms with Gasteiger partial charge in [-0.05, 0) is 45.7 Å². The highest BCUT2D eigenvalue weighted by atomic mass is 127. The first kappa shape index (κ1) is 27.2. The molecule has 166 valence electrons. The summed E-state index contributed by atoms with van der Waals surface area (Å²) in [6.07, 6.45) is 4.49. The molecule has 3 N–H and O–H groups in total. The fourth-order valence-electron chi connectivity index (χ4n) is 2.49. The number of aromatic nitrogens is 1. The number of nitrogens with one attached hydrogen (secondary N) is 3. The van der Waals surface area contributed by atoms with Gasteiger partial charge in [-0.1, -0.05) is 13.8 Å². The Morgan fingerprint density at radius 3 is 2.41 bits per heavy atom. The summed E-state index contributed by atoms with van der Waals surface area (Å²) in [6, 6.07) is 3.69. The van der Waals surface area contributed by atoms with Gasteiger partial charge >= 0.3 is 6.09 Å². The van der Waals surface area contributed by atoms with Crippen LogP contribution in [0.5, 0.6) is 5.75 Å². The first-order valence-corrected chi connectivity index (χ1v) is 9.72. The second-order valence-electron chi connectivity index (χ2n) is 7.50. The van der Waals surface area contributed by atoms with Gasteiger partial charge in [0.25, 0.3) is 0 Å². The molecule has 0 radical (unpaired) electrons. The van der Waals surface area contributed by atoms with Crippen LogP contribution in [-0.4, -0.2) is 54.9 Å². The number of alkyl carbamates (subject to hydrolysis) is 1. The summed E-state index contributed by atoms with van der Waals surface area (Å²) in [7, 11) is 1.71. The molecule has 29 heavy (non-hydrogen) atoms. The van der Waals surface area contributed by atoms with Gasteiger partial charge < -0.3 is 25.4 Å². The number of pyridine rings is 1. The SMILES string of the molecule is CCC(CC)(CNC(=NC)NCCOc1cccnc1)NC(=O)OC(C)(C)C.I. The summed E-state index contributed by atoms with van der Waals surface area (Å²) in [4.78, 5) is 20.5. The lowest BCUT2D eigenvalue weighted by Gasteiger charge is -2.34. The number of guanidine groups is 1. The van der Waals surface area contributed by atoms with Crippen LogP contribution < -0.4 is 20.7 Å². The van der Waals surface area contributed by atoms with Crippen LogP contribution in [0.15, 0.2) is 29.5 Å². The lowest BCUT2D eigenvalue weighted by molar-refractivity contribution is 0.0448. The van der Waals surface area contributed by atoms with E-state index in [1.807, 2.05) is 46.8 Å². The van der Waals surface area contributed by atoms with E-state index >= 15 is 0 Å². The number of carbonyl (C=O) groups excluding carboxylic acids is 1. The third-order valence-corrected chi connectivity index (χ3v) is 4.24. The average Bonchev–Trinajstić information content (AvgIpc) is 2.65. The first-order valence-electron chi connectivity index (χ1n) is 9.72. The largest absolute Gasteiger partial charge is 0.490 e. The minimum atomic E-state index is -0.531. The highest BCUT2D eigenvalue weighted by molar-refractivity contribution is 14.0. The fraction of sp³-hybridized carbons (Fsp3) is 0.650. The molecule has 0 spiro atoms. The normalized spacial score (nSPS) is 11.9. The number of halogens is 1. The van der Waals surface area contributed by atoms with Crippen molar-refractivity contribution in [1.29, 1.82) is 0 Å². The van der Waals surface area contributed by atoms with Crippen LogP contribution in [0.4, 0.5) is 4.79 Å². The van der Waals surface area contributed by atoms with E-state index in [1.165, 1.54) is 0 Å². The monoisotopic (exact) mass is 521 g/mol. The Kier molecular flexibility index (Phi) is 12.6. The Bertz CT molecular complexity index is 616. The summed E-state index contributed by atoms with van der Waals surface area (Å²) in [5.74, 6) is 1.37. The van der Waals surface area contributed by atoms with E-state index in [9.17, 15) is 4.79 Å². The van der Waals surface area contributed by atoms with Crippen molar-refractivity contribution >= 4 is 36.0 Å². The lowest BCUT2D eigenvalue weighted by atomic mass is 9.93. The maximum atomic E-state index is 12.2. The third-order valence-electron chi connectivity index (χ3n) is 4.24. The number of amides is 1. The van der Waals surface area contributed by atoms with E-state index in [2.05, 4.69) is 25.9 Å². The zero-order chi connectivity index (χ0) is 21.0. The molecular weight excluding hydrogens is 485 g/mol. The van der Waals surface area contributed by atoms with Gasteiger partial charge in [-0.3, -0.25) is 9.98 Å². The number of carbonyl (C=O) groups is 1. The molecule has 1 amide bonds. The molecule has 1 aromatic rings. The molecule has 0 fully saturated rings. The number of aliphatic imine (C=N–C) groups is 1. The molecule has 0 aliphatic carbocycles. The summed E-state index contributed by atoms with van der Waals surface area (Å²) in [5, 5.41) is 9.50. The predicted octanol–water partition coefficient (Wildman–Crippen LogP) is 3.33. The Balaban J connectivity index is 0.00000784. The van der Waals surface area contributed by atoms with E-state index in [0.29, 0.717) is 25.7 Å². The van der Waals surface area contributed by atoms with Crippen molar-refractivity contribution in [1.82, 2.24) is 20.9 Å². The molecule has 8 nitrogen and oxygen atoms in total. The standard InChI is InChI=1S/C20H35N5O3.HI/c1-7-20(8-2,25-18(26)28-19(3,4)5)15-24-17(21-6)23-12-13-27-16-10-9-11-22-14-16;/h9-11,14H,7-8,12-13,15H2,1-6H3,(H,25,26)(H2,21,23,24);1H. The Labute approximate surface area is 191 Å². The molecule has 1 rings (SSSR count). The van der Waals surface area contributed by atoms with Crippen LogP contribution in [0.3, 0.4) is 0 Å². The second-order valence-corrected chi connectivity index (χ2v) is 7.50. The van der Waals surface area contributed by atoms with Crippen molar-refractivity contribution in [3.63, 3.8) is 0 Å². The molecule has 9 heteroatoms. The van der Waals surface area contributed by atoms with Crippen molar-refractivity contribution in [3.05, 3.63) is 24.5 Å². The van der Waals surface area contributed by atoms with Crippen molar-refractivity contribution in [3.8, 4) is 5.75 Å². The van der Waals surface area contributed by atoms with Gasteiger partial charge in [-0.25, -0.2) is 4.79 Å². The maximum Gasteiger partial charge on any atom is 0.408 e.